The molecular weight excluding hydrogens is 298 g/mol. The van der Waals surface area contributed by atoms with Crippen molar-refractivity contribution in [2.24, 2.45) is 11.8 Å². The molecule has 4 nitrogen and oxygen atoms in total. The summed E-state index contributed by atoms with van der Waals surface area (Å²) >= 11 is 0. The van der Waals surface area contributed by atoms with Gasteiger partial charge < -0.3 is 4.90 Å². The first-order chi connectivity index (χ1) is 11.6. The van der Waals surface area contributed by atoms with Crippen molar-refractivity contribution in [2.45, 2.75) is 59.0 Å². The number of aromatic nitrogens is 1. The summed E-state index contributed by atoms with van der Waals surface area (Å²) < 4.78 is 0. The fourth-order valence-electron chi connectivity index (χ4n) is 3.55. The summed E-state index contributed by atoms with van der Waals surface area (Å²) in [7, 11) is 0. The molecule has 0 bridgehead atoms. The lowest BCUT2D eigenvalue weighted by Gasteiger charge is -2.34. The molecule has 1 aliphatic carbocycles. The van der Waals surface area contributed by atoms with Crippen molar-refractivity contribution < 1.29 is 4.79 Å². The van der Waals surface area contributed by atoms with E-state index >= 15 is 0 Å². The molecule has 2 fully saturated rings. The molecule has 0 spiro atoms. The van der Waals surface area contributed by atoms with Crippen molar-refractivity contribution in [3.8, 4) is 0 Å². The first-order valence-corrected chi connectivity index (χ1v) is 9.52. The lowest BCUT2D eigenvalue weighted by atomic mass is 10.0. The maximum Gasteiger partial charge on any atom is 0.224 e. The van der Waals surface area contributed by atoms with Crippen LogP contribution in [-0.2, 0) is 17.8 Å². The van der Waals surface area contributed by atoms with E-state index in [0.717, 1.165) is 44.2 Å². The monoisotopic (exact) mass is 329 g/mol. The standard InChI is InChI=1S/C20H31N3O/c1-4-16-7-8-18(21-11-16)13-22-10-9-20(24)23(12-17-5-6-17)19(14-22)15(2)3/h7-8,11,15,17,19H,4-6,9-10,12-14H2,1-3H3/t19-/m0/s1. The molecule has 1 amide bonds. The van der Waals surface area contributed by atoms with Crippen molar-refractivity contribution in [1.29, 1.82) is 0 Å². The van der Waals surface area contributed by atoms with Gasteiger partial charge >= 0.3 is 0 Å². The summed E-state index contributed by atoms with van der Waals surface area (Å²) in [6.07, 6.45) is 6.25. The first-order valence-electron chi connectivity index (χ1n) is 9.52. The molecule has 0 aromatic carbocycles. The predicted octanol–water partition coefficient (Wildman–Crippen LogP) is 3.11. The second-order valence-corrected chi connectivity index (χ2v) is 7.80. The molecule has 2 heterocycles. The molecule has 1 saturated heterocycles. The molecule has 1 aromatic heterocycles. The zero-order valence-corrected chi connectivity index (χ0v) is 15.4. The molecule has 24 heavy (non-hydrogen) atoms. The van der Waals surface area contributed by atoms with Gasteiger partial charge in [-0.05, 0) is 42.7 Å². The van der Waals surface area contributed by atoms with Gasteiger partial charge in [-0.15, -0.1) is 0 Å². The number of hydrogen-bond donors (Lipinski definition) is 0. The molecule has 1 aliphatic heterocycles. The van der Waals surface area contributed by atoms with Crippen molar-refractivity contribution in [2.75, 3.05) is 19.6 Å². The van der Waals surface area contributed by atoms with Gasteiger partial charge in [-0.3, -0.25) is 14.7 Å². The van der Waals surface area contributed by atoms with E-state index in [4.69, 9.17) is 0 Å². The topological polar surface area (TPSA) is 36.4 Å². The third kappa shape index (κ3) is 4.35. The van der Waals surface area contributed by atoms with E-state index in [-0.39, 0.29) is 0 Å². The number of hydrogen-bond acceptors (Lipinski definition) is 3. The molecule has 1 atom stereocenters. The highest BCUT2D eigenvalue weighted by Gasteiger charge is 2.35. The van der Waals surface area contributed by atoms with Gasteiger partial charge in [-0.25, -0.2) is 0 Å². The second-order valence-electron chi connectivity index (χ2n) is 7.80. The number of aryl methyl sites for hydroxylation is 1. The van der Waals surface area contributed by atoms with E-state index in [1.807, 2.05) is 6.20 Å². The number of carbonyl (C=O) groups is 1. The minimum absolute atomic E-state index is 0.329. The summed E-state index contributed by atoms with van der Waals surface area (Å²) in [6, 6.07) is 4.64. The maximum atomic E-state index is 12.7. The van der Waals surface area contributed by atoms with Crippen LogP contribution in [0.4, 0.5) is 0 Å². The Kier molecular flexibility index (Phi) is 5.54. The Balaban J connectivity index is 1.68. The fraction of sp³-hybridized carbons (Fsp3) is 0.700. The highest BCUT2D eigenvalue weighted by atomic mass is 16.2. The van der Waals surface area contributed by atoms with Crippen LogP contribution in [0, 0.1) is 11.8 Å². The third-order valence-corrected chi connectivity index (χ3v) is 5.41. The Hall–Kier alpha value is -1.42. The SMILES string of the molecule is CCc1ccc(CN2CCC(=O)N(CC3CC3)[C@H](C(C)C)C2)nc1. The zero-order valence-electron chi connectivity index (χ0n) is 15.4. The fourth-order valence-corrected chi connectivity index (χ4v) is 3.55. The van der Waals surface area contributed by atoms with E-state index in [9.17, 15) is 4.79 Å². The smallest absolute Gasteiger partial charge is 0.224 e. The number of carbonyl (C=O) groups excluding carboxylic acids is 1. The summed E-state index contributed by atoms with van der Waals surface area (Å²) in [5.74, 6) is 1.59. The highest BCUT2D eigenvalue weighted by molar-refractivity contribution is 5.77. The number of pyridine rings is 1. The van der Waals surface area contributed by atoms with Gasteiger partial charge in [0.25, 0.3) is 0 Å². The van der Waals surface area contributed by atoms with Gasteiger partial charge in [-0.1, -0.05) is 26.8 Å². The zero-order chi connectivity index (χ0) is 17.1. The Morgan fingerprint density at radius 2 is 2.08 bits per heavy atom. The molecular formula is C20H31N3O. The second kappa shape index (κ2) is 7.64. The van der Waals surface area contributed by atoms with Crippen LogP contribution in [0.15, 0.2) is 18.3 Å². The van der Waals surface area contributed by atoms with Crippen molar-refractivity contribution in [1.82, 2.24) is 14.8 Å². The summed E-state index contributed by atoms with van der Waals surface area (Å²) in [4.78, 5) is 21.9. The average molecular weight is 329 g/mol. The van der Waals surface area contributed by atoms with Crippen LogP contribution >= 0.6 is 0 Å². The minimum Gasteiger partial charge on any atom is -0.338 e. The van der Waals surface area contributed by atoms with Crippen LogP contribution in [0.5, 0.6) is 0 Å². The molecule has 0 radical (unpaired) electrons. The molecule has 1 aromatic rings. The summed E-state index contributed by atoms with van der Waals surface area (Å²) in [5.41, 5.74) is 2.39. The van der Waals surface area contributed by atoms with Crippen LogP contribution < -0.4 is 0 Å². The molecule has 0 N–H and O–H groups in total. The van der Waals surface area contributed by atoms with E-state index < -0.39 is 0 Å². The molecule has 4 heteroatoms. The number of rotatable bonds is 6. The largest absolute Gasteiger partial charge is 0.338 e. The Labute approximate surface area is 146 Å². The van der Waals surface area contributed by atoms with Crippen LogP contribution in [0.2, 0.25) is 0 Å². The van der Waals surface area contributed by atoms with Gasteiger partial charge in [0, 0.05) is 44.8 Å². The van der Waals surface area contributed by atoms with Crippen molar-refractivity contribution in [3.05, 3.63) is 29.6 Å². The van der Waals surface area contributed by atoms with Gasteiger partial charge in [0.2, 0.25) is 5.91 Å². The van der Waals surface area contributed by atoms with Gasteiger partial charge in [0.05, 0.1) is 5.69 Å². The molecule has 132 valence electrons. The first kappa shape index (κ1) is 17.4. The predicted molar refractivity (Wildman–Crippen MR) is 96.6 cm³/mol. The lowest BCUT2D eigenvalue weighted by Crippen LogP contribution is -2.47. The van der Waals surface area contributed by atoms with Gasteiger partial charge in [0.15, 0.2) is 0 Å². The Morgan fingerprint density at radius 3 is 2.67 bits per heavy atom. The lowest BCUT2D eigenvalue weighted by molar-refractivity contribution is -0.133. The molecule has 0 unspecified atom stereocenters. The summed E-state index contributed by atoms with van der Waals surface area (Å²) in [6.45, 7) is 10.3. The third-order valence-electron chi connectivity index (χ3n) is 5.41. The normalized spacial score (nSPS) is 22.9. The van der Waals surface area contributed by atoms with Crippen LogP contribution in [0.1, 0.15) is 51.3 Å². The Bertz CT molecular complexity index is 551. The van der Waals surface area contributed by atoms with Gasteiger partial charge in [-0.2, -0.15) is 0 Å². The number of nitrogens with zero attached hydrogens (tertiary/aromatic N) is 3. The molecule has 2 aliphatic rings. The van der Waals surface area contributed by atoms with Crippen molar-refractivity contribution >= 4 is 5.91 Å². The van der Waals surface area contributed by atoms with E-state index in [1.54, 1.807) is 0 Å². The van der Waals surface area contributed by atoms with Crippen LogP contribution in [0.25, 0.3) is 0 Å². The van der Waals surface area contributed by atoms with E-state index in [0.29, 0.717) is 24.3 Å². The van der Waals surface area contributed by atoms with Crippen molar-refractivity contribution in [3.63, 3.8) is 0 Å². The maximum absolute atomic E-state index is 12.7. The van der Waals surface area contributed by atoms with E-state index in [2.05, 4.69) is 47.7 Å². The van der Waals surface area contributed by atoms with Gasteiger partial charge in [0.1, 0.15) is 0 Å². The average Bonchev–Trinajstić information content (AvgIpc) is 3.40. The molecule has 1 saturated carbocycles. The Morgan fingerprint density at radius 1 is 1.29 bits per heavy atom. The minimum atomic E-state index is 0.329. The quantitative estimate of drug-likeness (QED) is 0.804. The molecule has 3 rings (SSSR count). The summed E-state index contributed by atoms with van der Waals surface area (Å²) in [5, 5.41) is 0. The van der Waals surface area contributed by atoms with E-state index in [1.165, 1.54) is 18.4 Å². The van der Waals surface area contributed by atoms with Crippen LogP contribution in [-0.4, -0.2) is 46.4 Å². The van der Waals surface area contributed by atoms with Crippen LogP contribution in [0.3, 0.4) is 0 Å². The highest BCUT2D eigenvalue weighted by Crippen LogP contribution is 2.32. The number of amides is 1.